The zero-order valence-electron chi connectivity index (χ0n) is 11.1. The van der Waals surface area contributed by atoms with Gasteiger partial charge in [-0.1, -0.05) is 0 Å². The van der Waals surface area contributed by atoms with Crippen molar-refractivity contribution in [2.45, 2.75) is 0 Å². The first-order valence-corrected chi connectivity index (χ1v) is 5.76. The number of hydrogen-bond acceptors (Lipinski definition) is 6. The van der Waals surface area contributed by atoms with Gasteiger partial charge in [0.25, 0.3) is 5.91 Å². The monoisotopic (exact) mass is 274 g/mol. The first kappa shape index (κ1) is 13.6. The summed E-state index contributed by atoms with van der Waals surface area (Å²) in [6, 6.07) is 6.34. The fourth-order valence-corrected chi connectivity index (χ4v) is 1.64. The molecule has 0 saturated carbocycles. The number of hydrogen-bond donors (Lipinski definition) is 2. The van der Waals surface area contributed by atoms with Crippen LogP contribution in [0.1, 0.15) is 10.4 Å². The summed E-state index contributed by atoms with van der Waals surface area (Å²) >= 11 is 0. The molecule has 0 bridgehead atoms. The summed E-state index contributed by atoms with van der Waals surface area (Å²) in [4.78, 5) is 12.1. The number of carbonyl (C=O) groups is 1. The Morgan fingerprint density at radius 3 is 2.55 bits per heavy atom. The number of carbonyl (C=O) groups excluding carboxylic acids is 1. The van der Waals surface area contributed by atoms with Gasteiger partial charge in [0, 0.05) is 18.0 Å². The molecule has 0 aliphatic rings. The number of nitrogens with zero attached hydrogens (tertiary/aromatic N) is 2. The lowest BCUT2D eigenvalue weighted by molar-refractivity contribution is 0.102. The molecule has 1 amide bonds. The standard InChI is InChI=1S/C13H14N4O3/c1-19-10-6-8(9(14)7-11(10)20-2)13(18)16-12-4-3-5-15-17-12/h3-7H,14H2,1-2H3,(H,16,17,18). The van der Waals surface area contributed by atoms with Crippen molar-refractivity contribution in [1.29, 1.82) is 0 Å². The molecular weight excluding hydrogens is 260 g/mol. The Balaban J connectivity index is 2.30. The number of nitrogens with two attached hydrogens (primary N) is 1. The van der Waals surface area contributed by atoms with E-state index in [1.807, 2.05) is 0 Å². The average molecular weight is 274 g/mol. The number of methoxy groups -OCH3 is 2. The van der Waals surface area contributed by atoms with Crippen LogP contribution in [0.15, 0.2) is 30.5 Å². The minimum atomic E-state index is -0.399. The van der Waals surface area contributed by atoms with Crippen LogP contribution in [0.2, 0.25) is 0 Å². The molecule has 0 spiro atoms. The molecule has 2 aromatic rings. The van der Waals surface area contributed by atoms with E-state index in [9.17, 15) is 4.79 Å². The average Bonchev–Trinajstić information content (AvgIpc) is 2.47. The van der Waals surface area contributed by atoms with E-state index in [-0.39, 0.29) is 11.3 Å². The van der Waals surface area contributed by atoms with Gasteiger partial charge in [-0.25, -0.2) is 0 Å². The molecule has 0 aliphatic carbocycles. The molecule has 7 heteroatoms. The molecule has 0 atom stereocenters. The van der Waals surface area contributed by atoms with Crippen molar-refractivity contribution in [2.24, 2.45) is 0 Å². The van der Waals surface area contributed by atoms with E-state index < -0.39 is 5.91 Å². The van der Waals surface area contributed by atoms with Crippen LogP contribution in [0.25, 0.3) is 0 Å². The number of aromatic nitrogens is 2. The van der Waals surface area contributed by atoms with Crippen molar-refractivity contribution >= 4 is 17.4 Å². The number of nitrogen functional groups attached to an aromatic ring is 1. The third-order valence-corrected chi connectivity index (χ3v) is 2.61. The van der Waals surface area contributed by atoms with E-state index in [4.69, 9.17) is 15.2 Å². The van der Waals surface area contributed by atoms with Crippen molar-refractivity contribution in [3.05, 3.63) is 36.0 Å². The first-order chi connectivity index (χ1) is 9.65. The summed E-state index contributed by atoms with van der Waals surface area (Å²) in [7, 11) is 2.98. The van der Waals surface area contributed by atoms with Gasteiger partial charge >= 0.3 is 0 Å². The summed E-state index contributed by atoms with van der Waals surface area (Å²) in [5, 5.41) is 10.0. The second kappa shape index (κ2) is 5.87. The Hall–Kier alpha value is -2.83. The van der Waals surface area contributed by atoms with Gasteiger partial charge in [0.15, 0.2) is 17.3 Å². The maximum Gasteiger partial charge on any atom is 0.259 e. The lowest BCUT2D eigenvalue weighted by atomic mass is 10.1. The van der Waals surface area contributed by atoms with Crippen LogP contribution in [0.4, 0.5) is 11.5 Å². The van der Waals surface area contributed by atoms with Crippen molar-refractivity contribution in [3.63, 3.8) is 0 Å². The van der Waals surface area contributed by atoms with Crippen LogP contribution >= 0.6 is 0 Å². The molecule has 1 heterocycles. The molecule has 0 unspecified atom stereocenters. The normalized spacial score (nSPS) is 9.90. The van der Waals surface area contributed by atoms with Gasteiger partial charge in [0.2, 0.25) is 0 Å². The quantitative estimate of drug-likeness (QED) is 0.816. The van der Waals surface area contributed by atoms with E-state index in [0.29, 0.717) is 17.3 Å². The highest BCUT2D eigenvalue weighted by atomic mass is 16.5. The molecule has 0 fully saturated rings. The molecule has 3 N–H and O–H groups in total. The highest BCUT2D eigenvalue weighted by Gasteiger charge is 2.15. The third-order valence-electron chi connectivity index (χ3n) is 2.61. The fourth-order valence-electron chi connectivity index (χ4n) is 1.64. The molecule has 1 aromatic heterocycles. The number of benzene rings is 1. The smallest absolute Gasteiger partial charge is 0.259 e. The summed E-state index contributed by atoms with van der Waals surface area (Å²) in [6.45, 7) is 0. The minimum Gasteiger partial charge on any atom is -0.493 e. The summed E-state index contributed by atoms with van der Waals surface area (Å²) < 4.78 is 10.3. The predicted molar refractivity (Wildman–Crippen MR) is 73.9 cm³/mol. The van der Waals surface area contributed by atoms with Gasteiger partial charge < -0.3 is 20.5 Å². The van der Waals surface area contributed by atoms with Crippen molar-refractivity contribution in [3.8, 4) is 11.5 Å². The Labute approximate surface area is 115 Å². The Morgan fingerprint density at radius 2 is 1.95 bits per heavy atom. The Kier molecular flexibility index (Phi) is 3.99. The van der Waals surface area contributed by atoms with Crippen molar-refractivity contribution < 1.29 is 14.3 Å². The van der Waals surface area contributed by atoms with Crippen LogP contribution in [0.5, 0.6) is 11.5 Å². The topological polar surface area (TPSA) is 99.4 Å². The fraction of sp³-hybridized carbons (Fsp3) is 0.154. The third kappa shape index (κ3) is 2.77. The SMILES string of the molecule is COc1cc(N)c(C(=O)Nc2cccnn2)cc1OC. The van der Waals surface area contributed by atoms with E-state index in [1.165, 1.54) is 32.5 Å². The summed E-state index contributed by atoms with van der Waals surface area (Å²) in [5.74, 6) is 0.822. The molecule has 0 saturated heterocycles. The largest absolute Gasteiger partial charge is 0.493 e. The number of ether oxygens (including phenoxy) is 2. The van der Waals surface area contributed by atoms with Crippen molar-refractivity contribution in [2.75, 3.05) is 25.3 Å². The Morgan fingerprint density at radius 1 is 1.25 bits per heavy atom. The second-order valence-electron chi connectivity index (χ2n) is 3.86. The lowest BCUT2D eigenvalue weighted by Crippen LogP contribution is -2.15. The van der Waals surface area contributed by atoms with E-state index in [2.05, 4.69) is 15.5 Å². The van der Waals surface area contributed by atoms with Gasteiger partial charge in [-0.15, -0.1) is 5.10 Å². The lowest BCUT2D eigenvalue weighted by Gasteiger charge is -2.12. The van der Waals surface area contributed by atoms with Gasteiger partial charge in [0.1, 0.15) is 0 Å². The van der Waals surface area contributed by atoms with E-state index in [0.717, 1.165) is 0 Å². The molecule has 1 aromatic carbocycles. The van der Waals surface area contributed by atoms with Crippen LogP contribution < -0.4 is 20.5 Å². The summed E-state index contributed by atoms with van der Waals surface area (Å²) in [5.41, 5.74) is 6.40. The maximum absolute atomic E-state index is 12.1. The van der Waals surface area contributed by atoms with Crippen molar-refractivity contribution in [1.82, 2.24) is 10.2 Å². The zero-order valence-corrected chi connectivity index (χ0v) is 11.1. The van der Waals surface area contributed by atoms with E-state index in [1.54, 1.807) is 12.1 Å². The molecule has 0 radical (unpaired) electrons. The van der Waals surface area contributed by atoms with Gasteiger partial charge in [-0.3, -0.25) is 4.79 Å². The van der Waals surface area contributed by atoms with Gasteiger partial charge in [-0.05, 0) is 18.2 Å². The van der Waals surface area contributed by atoms with Gasteiger partial charge in [0.05, 0.1) is 19.8 Å². The number of nitrogens with one attached hydrogen (secondary N) is 1. The molecule has 0 aliphatic heterocycles. The van der Waals surface area contributed by atoms with Crippen LogP contribution in [-0.4, -0.2) is 30.3 Å². The predicted octanol–water partition coefficient (Wildman–Crippen LogP) is 1.33. The molecular formula is C13H14N4O3. The maximum atomic E-state index is 12.1. The Bertz CT molecular complexity index is 617. The number of anilines is 2. The second-order valence-corrected chi connectivity index (χ2v) is 3.86. The zero-order chi connectivity index (χ0) is 14.5. The molecule has 104 valence electrons. The summed E-state index contributed by atoms with van der Waals surface area (Å²) in [6.07, 6.45) is 1.51. The van der Waals surface area contributed by atoms with Crippen LogP contribution in [-0.2, 0) is 0 Å². The van der Waals surface area contributed by atoms with E-state index >= 15 is 0 Å². The van der Waals surface area contributed by atoms with Crippen LogP contribution in [0.3, 0.4) is 0 Å². The highest BCUT2D eigenvalue weighted by Crippen LogP contribution is 2.32. The molecule has 20 heavy (non-hydrogen) atoms. The number of amides is 1. The minimum absolute atomic E-state index is 0.272. The number of rotatable bonds is 4. The van der Waals surface area contributed by atoms with Crippen LogP contribution in [0, 0.1) is 0 Å². The van der Waals surface area contributed by atoms with Gasteiger partial charge in [-0.2, -0.15) is 5.10 Å². The highest BCUT2D eigenvalue weighted by molar-refractivity contribution is 6.07. The first-order valence-electron chi connectivity index (χ1n) is 5.76. The molecule has 2 rings (SSSR count). The molecule has 7 nitrogen and oxygen atoms in total.